The minimum Gasteiger partial charge on any atom is -0.334 e. The molecule has 3 heteroatoms. The van der Waals surface area contributed by atoms with Gasteiger partial charge in [-0.2, -0.15) is 0 Å². The molecule has 0 saturated carbocycles. The highest BCUT2D eigenvalue weighted by Crippen LogP contribution is 2.52. The van der Waals surface area contributed by atoms with Gasteiger partial charge in [-0.25, -0.2) is 0 Å². The standard InChI is InChI=1S/C49H41N3.C2H6/c1-32-13-12-24-48-49(32)42-18-6-11-23-47(42)52(48)37-30-34(29-36(31-37)51-45-21-9-4-16-40(45)41-17-5-10-22-46(41)51)33-25-27-35(28-26-33)50-43-19-7-2-14-38(43)39-15-3-8-20-44(39)50;1-2/h2-12,14-32,38,40,42-43,45,47H,13H2,1H3;1-2H3. The molecule has 0 N–H and O–H groups in total. The minimum absolute atomic E-state index is 0.238. The third kappa shape index (κ3) is 5.01. The van der Waals surface area contributed by atoms with E-state index in [-0.39, 0.29) is 18.1 Å². The van der Waals surface area contributed by atoms with Crippen LogP contribution in [0.1, 0.15) is 50.2 Å². The molecule has 3 aliphatic heterocycles. The molecule has 4 aromatic carbocycles. The van der Waals surface area contributed by atoms with E-state index in [0.29, 0.717) is 23.7 Å². The fourth-order valence-corrected chi connectivity index (χ4v) is 10.2. The van der Waals surface area contributed by atoms with Crippen LogP contribution in [-0.4, -0.2) is 18.1 Å². The van der Waals surface area contributed by atoms with E-state index in [1.54, 1.807) is 5.57 Å². The summed E-state index contributed by atoms with van der Waals surface area (Å²) >= 11 is 0. The summed E-state index contributed by atoms with van der Waals surface area (Å²) in [6, 6.07) is 35.4. The topological polar surface area (TPSA) is 9.72 Å². The van der Waals surface area contributed by atoms with Crippen molar-refractivity contribution in [1.82, 2.24) is 0 Å². The second-order valence-corrected chi connectivity index (χ2v) is 15.3. The quantitative estimate of drug-likeness (QED) is 0.210. The average Bonchev–Trinajstić information content (AvgIpc) is 3.88. The molecule has 54 heavy (non-hydrogen) atoms. The zero-order chi connectivity index (χ0) is 36.3. The van der Waals surface area contributed by atoms with Crippen LogP contribution in [0.2, 0.25) is 0 Å². The first-order valence-electron chi connectivity index (χ1n) is 20.0. The Morgan fingerprint density at radius 3 is 1.59 bits per heavy atom. The van der Waals surface area contributed by atoms with Crippen molar-refractivity contribution in [3.63, 3.8) is 0 Å². The lowest BCUT2D eigenvalue weighted by Gasteiger charge is -2.33. The van der Waals surface area contributed by atoms with Crippen LogP contribution >= 0.6 is 0 Å². The van der Waals surface area contributed by atoms with Crippen molar-refractivity contribution in [3.05, 3.63) is 198 Å². The summed E-state index contributed by atoms with van der Waals surface area (Å²) in [6.45, 7) is 6.40. The number of hydrogen-bond acceptors (Lipinski definition) is 3. The summed E-state index contributed by atoms with van der Waals surface area (Å²) in [6.07, 6.45) is 33.5. The van der Waals surface area contributed by atoms with E-state index in [0.717, 1.165) is 6.42 Å². The second kappa shape index (κ2) is 13.2. The number of para-hydroxylation sites is 2. The third-order valence-corrected chi connectivity index (χ3v) is 12.5. The summed E-state index contributed by atoms with van der Waals surface area (Å²) in [7, 11) is 0. The van der Waals surface area contributed by atoms with Crippen LogP contribution in [0.4, 0.5) is 28.4 Å². The van der Waals surface area contributed by atoms with E-state index in [1.807, 2.05) is 13.8 Å². The molecular weight excluding hydrogens is 655 g/mol. The van der Waals surface area contributed by atoms with Crippen LogP contribution in [0, 0.1) is 11.8 Å². The predicted molar refractivity (Wildman–Crippen MR) is 228 cm³/mol. The summed E-state index contributed by atoms with van der Waals surface area (Å²) < 4.78 is 0. The van der Waals surface area contributed by atoms with Crippen molar-refractivity contribution in [2.45, 2.75) is 57.2 Å². The molecule has 7 unspecified atom stereocenters. The number of hydrogen-bond donors (Lipinski definition) is 0. The predicted octanol–water partition coefficient (Wildman–Crippen LogP) is 12.6. The summed E-state index contributed by atoms with van der Waals surface area (Å²) in [5.74, 6) is 1.63. The Balaban J connectivity index is 0.00000178. The van der Waals surface area contributed by atoms with Gasteiger partial charge in [0.15, 0.2) is 0 Å². The van der Waals surface area contributed by atoms with Crippen LogP contribution in [0.25, 0.3) is 11.1 Å². The van der Waals surface area contributed by atoms with Gasteiger partial charge in [0.25, 0.3) is 0 Å². The highest BCUT2D eigenvalue weighted by atomic mass is 15.2. The van der Waals surface area contributed by atoms with Crippen molar-refractivity contribution < 1.29 is 0 Å². The SMILES string of the molecule is CC.CC1CC=CC2=C1C1C=CC=CC1N2c1cc(-c2ccc(N3c4ccccc4C4C=CC=CC43)cc2)cc(N2c3ccccc3C3C=CC=CC32)c1. The van der Waals surface area contributed by atoms with Crippen LogP contribution in [-0.2, 0) is 0 Å². The lowest BCUT2D eigenvalue weighted by atomic mass is 9.81. The molecule has 3 heterocycles. The molecule has 4 aromatic rings. The Morgan fingerprint density at radius 1 is 0.481 bits per heavy atom. The average molecular weight is 702 g/mol. The maximum Gasteiger partial charge on any atom is 0.0629 e. The van der Waals surface area contributed by atoms with Gasteiger partial charge in [0.1, 0.15) is 0 Å². The van der Waals surface area contributed by atoms with Gasteiger partial charge in [-0.15, -0.1) is 0 Å². The van der Waals surface area contributed by atoms with Gasteiger partial charge < -0.3 is 14.7 Å². The molecule has 266 valence electrons. The first-order valence-corrected chi connectivity index (χ1v) is 20.0. The first-order chi connectivity index (χ1) is 26.7. The Morgan fingerprint density at radius 2 is 0.981 bits per heavy atom. The molecule has 0 spiro atoms. The van der Waals surface area contributed by atoms with Crippen molar-refractivity contribution in [2.24, 2.45) is 11.8 Å². The van der Waals surface area contributed by atoms with Crippen LogP contribution in [0.5, 0.6) is 0 Å². The molecule has 11 rings (SSSR count). The molecule has 7 aliphatic rings. The highest BCUT2D eigenvalue weighted by Gasteiger charge is 2.43. The van der Waals surface area contributed by atoms with E-state index in [4.69, 9.17) is 0 Å². The van der Waals surface area contributed by atoms with Gasteiger partial charge in [0.2, 0.25) is 0 Å². The number of anilines is 5. The van der Waals surface area contributed by atoms with Crippen LogP contribution in [0.15, 0.2) is 187 Å². The normalized spacial score (nSPS) is 27.3. The third-order valence-electron chi connectivity index (χ3n) is 12.5. The number of allylic oxidation sites excluding steroid dienone is 8. The first kappa shape index (κ1) is 32.8. The largest absolute Gasteiger partial charge is 0.334 e. The Hall–Kier alpha value is -5.80. The van der Waals surface area contributed by atoms with Gasteiger partial charge in [0, 0.05) is 51.9 Å². The smallest absolute Gasteiger partial charge is 0.0629 e. The lowest BCUT2D eigenvalue weighted by molar-refractivity contribution is 0.581. The van der Waals surface area contributed by atoms with Crippen molar-refractivity contribution >= 4 is 28.4 Å². The maximum absolute atomic E-state index is 2.63. The van der Waals surface area contributed by atoms with Crippen molar-refractivity contribution in [3.8, 4) is 11.1 Å². The summed E-state index contributed by atoms with van der Waals surface area (Å²) in [4.78, 5) is 7.74. The Bertz CT molecular complexity index is 2360. The molecule has 0 aromatic heterocycles. The maximum atomic E-state index is 2.63. The van der Waals surface area contributed by atoms with E-state index < -0.39 is 0 Å². The van der Waals surface area contributed by atoms with Gasteiger partial charge >= 0.3 is 0 Å². The number of benzene rings is 4. The van der Waals surface area contributed by atoms with Crippen LogP contribution < -0.4 is 14.7 Å². The number of rotatable bonds is 4. The zero-order valence-electron chi connectivity index (χ0n) is 31.3. The molecule has 0 fully saturated rings. The molecule has 0 saturated heterocycles. The fraction of sp³-hybridized carbons (Fsp3) is 0.216. The summed E-state index contributed by atoms with van der Waals surface area (Å²) in [5, 5.41) is 0. The molecule has 7 atom stereocenters. The van der Waals surface area contributed by atoms with Gasteiger partial charge in [-0.1, -0.05) is 148 Å². The molecule has 0 amide bonds. The fourth-order valence-electron chi connectivity index (χ4n) is 10.2. The van der Waals surface area contributed by atoms with E-state index in [2.05, 4.69) is 198 Å². The van der Waals surface area contributed by atoms with E-state index in [9.17, 15) is 0 Å². The van der Waals surface area contributed by atoms with Gasteiger partial charge in [0.05, 0.1) is 18.1 Å². The van der Waals surface area contributed by atoms with Crippen LogP contribution in [0.3, 0.4) is 0 Å². The molecule has 4 aliphatic carbocycles. The zero-order valence-corrected chi connectivity index (χ0v) is 31.3. The lowest BCUT2D eigenvalue weighted by Crippen LogP contribution is -2.33. The number of nitrogens with zero attached hydrogens (tertiary/aromatic N) is 3. The molecule has 0 bridgehead atoms. The number of fused-ring (bicyclic) bond motifs is 8. The summed E-state index contributed by atoms with van der Waals surface area (Å²) in [5.41, 5.74) is 14.5. The van der Waals surface area contributed by atoms with Gasteiger partial charge in [-0.05, 0) is 88.7 Å². The molecular formula is C51H47N3. The molecule has 3 nitrogen and oxygen atoms in total. The second-order valence-electron chi connectivity index (χ2n) is 15.3. The van der Waals surface area contributed by atoms with E-state index >= 15 is 0 Å². The molecule has 0 radical (unpaired) electrons. The van der Waals surface area contributed by atoms with Crippen molar-refractivity contribution in [2.75, 3.05) is 14.7 Å². The Kier molecular flexibility index (Phi) is 8.05. The minimum atomic E-state index is 0.238. The van der Waals surface area contributed by atoms with E-state index in [1.165, 1.54) is 56.4 Å². The van der Waals surface area contributed by atoms with Crippen molar-refractivity contribution in [1.29, 1.82) is 0 Å². The Labute approximate surface area is 320 Å². The highest BCUT2D eigenvalue weighted by molar-refractivity contribution is 5.84. The monoisotopic (exact) mass is 701 g/mol. The van der Waals surface area contributed by atoms with Gasteiger partial charge in [-0.3, -0.25) is 0 Å².